The minimum absolute atomic E-state index is 0.0588. The highest BCUT2D eigenvalue weighted by Crippen LogP contribution is 2.04. The smallest absolute Gasteiger partial charge is 0.187 e. The normalized spacial score (nSPS) is 12.7. The number of guanidine groups is 1. The van der Waals surface area contributed by atoms with E-state index >= 15 is 0 Å². The van der Waals surface area contributed by atoms with Crippen LogP contribution in [0.4, 0.5) is 0 Å². The topological polar surface area (TPSA) is 64.4 Å². The highest BCUT2D eigenvalue weighted by molar-refractivity contribution is 6.20. The summed E-state index contributed by atoms with van der Waals surface area (Å²) in [6.07, 6.45) is 1.81. The molecule has 0 aromatic carbocycles. The zero-order chi connectivity index (χ0) is 7.28. The van der Waals surface area contributed by atoms with Crippen LogP contribution in [-0.2, 0) is 0 Å². The average molecular weight is 150 g/mol. The molecule has 0 rings (SSSR count). The third-order valence-electron chi connectivity index (χ3n) is 0.816. The van der Waals surface area contributed by atoms with Crippen molar-refractivity contribution in [1.82, 2.24) is 0 Å². The summed E-state index contributed by atoms with van der Waals surface area (Å²) in [6, 6.07) is 0. The quantitative estimate of drug-likeness (QED) is 0.268. The summed E-state index contributed by atoms with van der Waals surface area (Å²) in [5.74, 6) is 0.0588. The highest BCUT2D eigenvalue weighted by atomic mass is 35.5. The molecule has 0 aliphatic rings. The van der Waals surface area contributed by atoms with E-state index in [0.29, 0.717) is 0 Å². The van der Waals surface area contributed by atoms with Gasteiger partial charge in [0.05, 0.1) is 0 Å². The summed E-state index contributed by atoms with van der Waals surface area (Å²) >= 11 is 5.63. The van der Waals surface area contributed by atoms with Crippen LogP contribution in [0.25, 0.3) is 0 Å². The standard InChI is InChI=1S/C5H12ClN3/c1-2-3-4(6)9-5(7)8/h4H,2-3H2,1H3,(H4,7,8,9). The first-order valence-electron chi connectivity index (χ1n) is 2.89. The van der Waals surface area contributed by atoms with Crippen molar-refractivity contribution in [1.29, 1.82) is 0 Å². The molecule has 0 radical (unpaired) electrons. The molecule has 1 atom stereocenters. The Morgan fingerprint density at radius 1 is 1.67 bits per heavy atom. The van der Waals surface area contributed by atoms with Crippen molar-refractivity contribution >= 4 is 17.6 Å². The van der Waals surface area contributed by atoms with Gasteiger partial charge >= 0.3 is 0 Å². The van der Waals surface area contributed by atoms with E-state index in [1.807, 2.05) is 6.92 Å². The van der Waals surface area contributed by atoms with E-state index in [9.17, 15) is 0 Å². The Morgan fingerprint density at radius 3 is 2.56 bits per heavy atom. The lowest BCUT2D eigenvalue weighted by Crippen LogP contribution is -2.24. The van der Waals surface area contributed by atoms with Gasteiger partial charge in [-0.3, -0.25) is 0 Å². The SMILES string of the molecule is CCCC(Cl)N=C(N)N. The van der Waals surface area contributed by atoms with Crippen LogP contribution in [0.1, 0.15) is 19.8 Å². The molecule has 0 aliphatic heterocycles. The first kappa shape index (κ1) is 8.56. The van der Waals surface area contributed by atoms with Gasteiger partial charge in [0.1, 0.15) is 5.50 Å². The number of nitrogens with two attached hydrogens (primary N) is 2. The molecule has 0 aromatic heterocycles. The van der Waals surface area contributed by atoms with E-state index in [1.165, 1.54) is 0 Å². The molecule has 0 fully saturated rings. The molecule has 0 saturated carbocycles. The molecule has 54 valence electrons. The van der Waals surface area contributed by atoms with Gasteiger partial charge < -0.3 is 11.5 Å². The molecule has 3 nitrogen and oxygen atoms in total. The summed E-state index contributed by atoms with van der Waals surface area (Å²) in [5, 5.41) is 0. The molecule has 1 unspecified atom stereocenters. The largest absolute Gasteiger partial charge is 0.370 e. The van der Waals surface area contributed by atoms with Crippen molar-refractivity contribution in [3.8, 4) is 0 Å². The number of hydrogen-bond donors (Lipinski definition) is 2. The fourth-order valence-electron chi connectivity index (χ4n) is 0.465. The van der Waals surface area contributed by atoms with Gasteiger partial charge in [0, 0.05) is 0 Å². The Hall–Kier alpha value is -0.440. The molecule has 0 aromatic rings. The van der Waals surface area contributed by atoms with Crippen molar-refractivity contribution in [3.63, 3.8) is 0 Å². The van der Waals surface area contributed by atoms with Crippen LogP contribution >= 0.6 is 11.6 Å². The van der Waals surface area contributed by atoms with Crippen LogP contribution in [0.2, 0.25) is 0 Å². The predicted molar refractivity (Wildman–Crippen MR) is 40.4 cm³/mol. The van der Waals surface area contributed by atoms with Gasteiger partial charge in [0.15, 0.2) is 5.96 Å². The Balaban J connectivity index is 3.49. The Bertz CT molecular complexity index is 98.4. The second-order valence-corrected chi connectivity index (χ2v) is 2.28. The Labute approximate surface area is 60.1 Å². The number of hydrogen-bond acceptors (Lipinski definition) is 1. The van der Waals surface area contributed by atoms with Crippen LogP contribution in [-0.4, -0.2) is 11.5 Å². The summed E-state index contributed by atoms with van der Waals surface area (Å²) in [6.45, 7) is 2.03. The fourth-order valence-corrected chi connectivity index (χ4v) is 0.795. The van der Waals surface area contributed by atoms with Crippen LogP contribution in [0, 0.1) is 0 Å². The predicted octanol–water partition coefficient (Wildman–Crippen LogP) is 0.625. The van der Waals surface area contributed by atoms with Crippen LogP contribution in [0.3, 0.4) is 0 Å². The first-order chi connectivity index (χ1) is 4.16. The third-order valence-corrected chi connectivity index (χ3v) is 1.13. The minimum Gasteiger partial charge on any atom is -0.370 e. The number of rotatable bonds is 3. The van der Waals surface area contributed by atoms with E-state index < -0.39 is 0 Å². The van der Waals surface area contributed by atoms with Crippen molar-refractivity contribution < 1.29 is 0 Å². The Morgan fingerprint density at radius 2 is 2.22 bits per heavy atom. The van der Waals surface area contributed by atoms with Gasteiger partial charge in [-0.05, 0) is 6.42 Å². The minimum atomic E-state index is -0.250. The molecule has 0 aliphatic carbocycles. The molecular weight excluding hydrogens is 138 g/mol. The second-order valence-electron chi connectivity index (χ2n) is 1.78. The maximum Gasteiger partial charge on any atom is 0.187 e. The van der Waals surface area contributed by atoms with Crippen LogP contribution in [0.15, 0.2) is 4.99 Å². The molecule has 0 spiro atoms. The summed E-state index contributed by atoms with van der Waals surface area (Å²) < 4.78 is 0. The van der Waals surface area contributed by atoms with Gasteiger partial charge in [-0.2, -0.15) is 0 Å². The van der Waals surface area contributed by atoms with Gasteiger partial charge in [-0.1, -0.05) is 24.9 Å². The fraction of sp³-hybridized carbons (Fsp3) is 0.800. The lowest BCUT2D eigenvalue weighted by Gasteiger charge is -1.99. The molecule has 0 saturated heterocycles. The van der Waals surface area contributed by atoms with E-state index in [0.717, 1.165) is 12.8 Å². The number of aliphatic imine (C=N–C) groups is 1. The van der Waals surface area contributed by atoms with Crippen molar-refractivity contribution in [2.24, 2.45) is 16.5 Å². The lowest BCUT2D eigenvalue weighted by molar-refractivity contribution is 0.756. The zero-order valence-corrected chi connectivity index (χ0v) is 6.23. The van der Waals surface area contributed by atoms with Crippen LogP contribution < -0.4 is 11.5 Å². The second kappa shape index (κ2) is 4.44. The monoisotopic (exact) mass is 149 g/mol. The molecule has 0 amide bonds. The lowest BCUT2D eigenvalue weighted by atomic mass is 10.3. The first-order valence-corrected chi connectivity index (χ1v) is 3.33. The molecular formula is C5H12ClN3. The summed E-state index contributed by atoms with van der Waals surface area (Å²) in [7, 11) is 0. The summed E-state index contributed by atoms with van der Waals surface area (Å²) in [4.78, 5) is 3.70. The van der Waals surface area contributed by atoms with Crippen molar-refractivity contribution in [2.45, 2.75) is 25.3 Å². The molecule has 4 heteroatoms. The zero-order valence-electron chi connectivity index (χ0n) is 5.47. The van der Waals surface area contributed by atoms with Gasteiger partial charge in [0.2, 0.25) is 0 Å². The van der Waals surface area contributed by atoms with E-state index in [4.69, 9.17) is 23.1 Å². The van der Waals surface area contributed by atoms with Crippen molar-refractivity contribution in [2.75, 3.05) is 0 Å². The number of alkyl halides is 1. The third kappa shape index (κ3) is 5.43. The Kier molecular flexibility index (Phi) is 4.22. The van der Waals surface area contributed by atoms with E-state index in [1.54, 1.807) is 0 Å². The number of nitrogens with zero attached hydrogens (tertiary/aromatic N) is 1. The van der Waals surface area contributed by atoms with Gasteiger partial charge in [-0.15, -0.1) is 0 Å². The molecule has 9 heavy (non-hydrogen) atoms. The van der Waals surface area contributed by atoms with Gasteiger partial charge in [-0.25, -0.2) is 4.99 Å². The molecule has 4 N–H and O–H groups in total. The van der Waals surface area contributed by atoms with Crippen molar-refractivity contribution in [3.05, 3.63) is 0 Å². The molecule has 0 bridgehead atoms. The van der Waals surface area contributed by atoms with Crippen LogP contribution in [0.5, 0.6) is 0 Å². The molecule has 0 heterocycles. The summed E-state index contributed by atoms with van der Waals surface area (Å²) in [5.41, 5.74) is 9.88. The van der Waals surface area contributed by atoms with Gasteiger partial charge in [0.25, 0.3) is 0 Å². The maximum absolute atomic E-state index is 5.63. The average Bonchev–Trinajstić information content (AvgIpc) is 1.63. The maximum atomic E-state index is 5.63. The van der Waals surface area contributed by atoms with E-state index in [2.05, 4.69) is 4.99 Å². The highest BCUT2D eigenvalue weighted by Gasteiger charge is 1.97. The van der Waals surface area contributed by atoms with E-state index in [-0.39, 0.29) is 11.5 Å². The number of halogens is 1.